The summed E-state index contributed by atoms with van der Waals surface area (Å²) in [6, 6.07) is 8.07. The second kappa shape index (κ2) is 5.96. The van der Waals surface area contributed by atoms with E-state index in [4.69, 9.17) is 0 Å². The molecule has 0 amide bonds. The molecule has 0 heterocycles. The van der Waals surface area contributed by atoms with Crippen LogP contribution in [0.25, 0.3) is 0 Å². The Bertz CT molecular complexity index is 665. The lowest BCUT2D eigenvalue weighted by molar-refractivity contribution is -0.385. The van der Waals surface area contributed by atoms with Crippen LogP contribution in [0.2, 0.25) is 0 Å². The van der Waals surface area contributed by atoms with Crippen molar-refractivity contribution < 1.29 is 13.7 Å². The lowest BCUT2D eigenvalue weighted by Crippen LogP contribution is -2.01. The maximum atomic E-state index is 13.0. The Morgan fingerprint density at radius 1 is 1.15 bits per heavy atom. The minimum atomic E-state index is -0.908. The predicted octanol–water partition coefficient (Wildman–Crippen LogP) is 4.25. The first kappa shape index (κ1) is 14.4. The number of halogens is 3. The third kappa shape index (κ3) is 3.30. The van der Waals surface area contributed by atoms with E-state index in [1.165, 1.54) is 12.1 Å². The third-order valence-electron chi connectivity index (χ3n) is 2.63. The molecule has 1 N–H and O–H groups in total. The van der Waals surface area contributed by atoms with Gasteiger partial charge in [0, 0.05) is 18.3 Å². The van der Waals surface area contributed by atoms with Gasteiger partial charge in [-0.3, -0.25) is 10.1 Å². The quantitative estimate of drug-likeness (QED) is 0.667. The monoisotopic (exact) mass is 342 g/mol. The van der Waals surface area contributed by atoms with Crippen LogP contribution in [0, 0.1) is 21.7 Å². The molecule has 0 radical (unpaired) electrons. The van der Waals surface area contributed by atoms with E-state index in [1.54, 1.807) is 12.1 Å². The van der Waals surface area contributed by atoms with Crippen molar-refractivity contribution in [3.05, 3.63) is 68.2 Å². The molecule has 0 saturated carbocycles. The van der Waals surface area contributed by atoms with Gasteiger partial charge >= 0.3 is 0 Å². The van der Waals surface area contributed by atoms with Gasteiger partial charge in [-0.1, -0.05) is 6.07 Å². The maximum Gasteiger partial charge on any atom is 0.283 e. The van der Waals surface area contributed by atoms with Gasteiger partial charge in [0.25, 0.3) is 5.69 Å². The van der Waals surface area contributed by atoms with E-state index in [9.17, 15) is 18.9 Å². The SMILES string of the molecule is O=[N+]([O-])c1ccc(NCc2ccc(F)c(F)c2)cc1Br. The van der Waals surface area contributed by atoms with Gasteiger partial charge in [0.1, 0.15) is 0 Å². The van der Waals surface area contributed by atoms with Gasteiger partial charge in [-0.05, 0) is 45.8 Å². The largest absolute Gasteiger partial charge is 0.381 e. The first-order valence-electron chi connectivity index (χ1n) is 5.59. The van der Waals surface area contributed by atoms with Crippen LogP contribution >= 0.6 is 15.9 Å². The fraction of sp³-hybridized carbons (Fsp3) is 0.0769. The van der Waals surface area contributed by atoms with Crippen molar-refractivity contribution in [2.75, 3.05) is 5.32 Å². The molecule has 0 saturated heterocycles. The van der Waals surface area contributed by atoms with Crippen LogP contribution in [0.1, 0.15) is 5.56 Å². The Hall–Kier alpha value is -2.02. The molecular weight excluding hydrogens is 334 g/mol. The van der Waals surface area contributed by atoms with Gasteiger partial charge in [0.05, 0.1) is 9.40 Å². The average molecular weight is 343 g/mol. The van der Waals surface area contributed by atoms with E-state index >= 15 is 0 Å². The molecule has 2 rings (SSSR count). The number of nitrogens with one attached hydrogen (secondary N) is 1. The zero-order chi connectivity index (χ0) is 14.7. The number of hydrogen-bond donors (Lipinski definition) is 1. The summed E-state index contributed by atoms with van der Waals surface area (Å²) in [5.41, 5.74) is 1.16. The molecule has 0 bridgehead atoms. The van der Waals surface area contributed by atoms with E-state index < -0.39 is 16.6 Å². The molecule has 0 unspecified atom stereocenters. The molecule has 0 atom stereocenters. The Kier molecular flexibility index (Phi) is 4.29. The Balaban J connectivity index is 2.09. The maximum absolute atomic E-state index is 13.0. The molecule has 2 aromatic carbocycles. The van der Waals surface area contributed by atoms with E-state index in [2.05, 4.69) is 21.2 Å². The van der Waals surface area contributed by atoms with Crippen LogP contribution in [-0.2, 0) is 6.54 Å². The smallest absolute Gasteiger partial charge is 0.283 e. The van der Waals surface area contributed by atoms with E-state index in [-0.39, 0.29) is 12.2 Å². The minimum Gasteiger partial charge on any atom is -0.381 e. The fourth-order valence-electron chi connectivity index (χ4n) is 1.62. The van der Waals surface area contributed by atoms with Crippen LogP contribution in [0.15, 0.2) is 40.9 Å². The summed E-state index contributed by atoms with van der Waals surface area (Å²) in [7, 11) is 0. The molecule has 2 aromatic rings. The molecule has 7 heteroatoms. The number of nitro groups is 1. The van der Waals surface area contributed by atoms with Crippen LogP contribution in [0.5, 0.6) is 0 Å². The highest BCUT2D eigenvalue weighted by atomic mass is 79.9. The van der Waals surface area contributed by atoms with Gasteiger partial charge in [-0.15, -0.1) is 0 Å². The molecule has 0 spiro atoms. The minimum absolute atomic E-state index is 0.0385. The highest BCUT2D eigenvalue weighted by molar-refractivity contribution is 9.10. The zero-order valence-electron chi connectivity index (χ0n) is 10.1. The molecule has 20 heavy (non-hydrogen) atoms. The van der Waals surface area contributed by atoms with Gasteiger partial charge < -0.3 is 5.32 Å². The second-order valence-electron chi connectivity index (χ2n) is 4.03. The van der Waals surface area contributed by atoms with E-state index in [0.717, 1.165) is 12.1 Å². The predicted molar refractivity (Wildman–Crippen MR) is 74.5 cm³/mol. The average Bonchev–Trinajstić information content (AvgIpc) is 2.40. The van der Waals surface area contributed by atoms with Crippen molar-refractivity contribution in [1.29, 1.82) is 0 Å². The summed E-state index contributed by atoms with van der Waals surface area (Å²) >= 11 is 3.10. The normalized spacial score (nSPS) is 10.3. The number of nitro benzene ring substituents is 1. The molecule has 0 aliphatic rings. The van der Waals surface area contributed by atoms with E-state index in [0.29, 0.717) is 15.7 Å². The van der Waals surface area contributed by atoms with E-state index in [1.807, 2.05) is 0 Å². The molecule has 0 aliphatic carbocycles. The lowest BCUT2D eigenvalue weighted by atomic mass is 10.2. The Labute approximate surface area is 121 Å². The standard InChI is InChI=1S/C13H9BrF2N2O2/c14-10-6-9(2-4-13(10)18(19)20)17-7-8-1-3-11(15)12(16)5-8/h1-6,17H,7H2. The van der Waals surface area contributed by atoms with Gasteiger partial charge in [0.2, 0.25) is 0 Å². The Morgan fingerprint density at radius 2 is 1.90 bits per heavy atom. The molecule has 104 valence electrons. The molecule has 0 fully saturated rings. The van der Waals surface area contributed by atoms with Crippen LogP contribution in [0.4, 0.5) is 20.2 Å². The van der Waals surface area contributed by atoms with Crippen molar-refractivity contribution >= 4 is 27.3 Å². The number of nitrogens with zero attached hydrogens (tertiary/aromatic N) is 1. The molecular formula is C13H9BrF2N2O2. The zero-order valence-corrected chi connectivity index (χ0v) is 11.7. The van der Waals surface area contributed by atoms with Crippen LogP contribution in [-0.4, -0.2) is 4.92 Å². The lowest BCUT2D eigenvalue weighted by Gasteiger charge is -2.07. The van der Waals surface area contributed by atoms with Crippen molar-refractivity contribution in [1.82, 2.24) is 0 Å². The molecule has 0 aliphatic heterocycles. The Morgan fingerprint density at radius 3 is 2.50 bits per heavy atom. The van der Waals surface area contributed by atoms with Crippen molar-refractivity contribution in [2.24, 2.45) is 0 Å². The number of benzene rings is 2. The third-order valence-corrected chi connectivity index (χ3v) is 3.26. The summed E-state index contributed by atoms with van der Waals surface area (Å²) in [4.78, 5) is 10.2. The summed E-state index contributed by atoms with van der Waals surface area (Å²) in [6.07, 6.45) is 0. The molecule has 4 nitrogen and oxygen atoms in total. The summed E-state index contributed by atoms with van der Waals surface area (Å²) in [5.74, 6) is -1.80. The van der Waals surface area contributed by atoms with Gasteiger partial charge in [0.15, 0.2) is 11.6 Å². The van der Waals surface area contributed by atoms with Gasteiger partial charge in [-0.25, -0.2) is 8.78 Å². The first-order chi connectivity index (χ1) is 9.47. The first-order valence-corrected chi connectivity index (χ1v) is 6.38. The second-order valence-corrected chi connectivity index (χ2v) is 4.88. The number of anilines is 1. The highest BCUT2D eigenvalue weighted by Crippen LogP contribution is 2.27. The number of rotatable bonds is 4. The number of hydrogen-bond acceptors (Lipinski definition) is 3. The topological polar surface area (TPSA) is 55.2 Å². The van der Waals surface area contributed by atoms with Crippen LogP contribution < -0.4 is 5.32 Å². The van der Waals surface area contributed by atoms with Gasteiger partial charge in [-0.2, -0.15) is 0 Å². The van der Waals surface area contributed by atoms with Crippen molar-refractivity contribution in [3.8, 4) is 0 Å². The highest BCUT2D eigenvalue weighted by Gasteiger charge is 2.11. The molecule has 0 aromatic heterocycles. The van der Waals surface area contributed by atoms with Crippen molar-refractivity contribution in [3.63, 3.8) is 0 Å². The summed E-state index contributed by atoms with van der Waals surface area (Å²) < 4.78 is 26.1. The summed E-state index contributed by atoms with van der Waals surface area (Å²) in [6.45, 7) is 0.279. The van der Waals surface area contributed by atoms with Crippen molar-refractivity contribution in [2.45, 2.75) is 6.54 Å². The summed E-state index contributed by atoms with van der Waals surface area (Å²) in [5, 5.41) is 13.6. The van der Waals surface area contributed by atoms with Crippen LogP contribution in [0.3, 0.4) is 0 Å². The fourth-order valence-corrected chi connectivity index (χ4v) is 2.14.